The maximum absolute atomic E-state index is 11.6. The van der Waals surface area contributed by atoms with E-state index in [0.717, 1.165) is 15.8 Å². The van der Waals surface area contributed by atoms with Gasteiger partial charge in [-0.15, -0.1) is 11.6 Å². The Balaban J connectivity index is 2.27. The van der Waals surface area contributed by atoms with Gasteiger partial charge in [0.2, 0.25) is 0 Å². The van der Waals surface area contributed by atoms with Crippen LogP contribution in [0.3, 0.4) is 0 Å². The lowest BCUT2D eigenvalue weighted by Crippen LogP contribution is -2.11. The van der Waals surface area contributed by atoms with Crippen LogP contribution in [0.1, 0.15) is 24.3 Å². The van der Waals surface area contributed by atoms with Crippen molar-refractivity contribution in [1.29, 1.82) is 0 Å². The molecule has 0 spiro atoms. The lowest BCUT2D eigenvalue weighted by molar-refractivity contribution is 0.334. The summed E-state index contributed by atoms with van der Waals surface area (Å²) < 4.78 is 29.6. The van der Waals surface area contributed by atoms with Crippen LogP contribution in [-0.2, 0) is 9.84 Å². The Hall–Kier alpha value is -0.260. The van der Waals surface area contributed by atoms with Crippen LogP contribution in [0.25, 0.3) is 0 Å². The molecule has 1 aromatic carbocycles. The molecule has 1 fully saturated rings. The summed E-state index contributed by atoms with van der Waals surface area (Å²) in [5.74, 6) is 1.09. The van der Waals surface area contributed by atoms with Crippen molar-refractivity contribution in [2.75, 3.05) is 18.1 Å². The summed E-state index contributed by atoms with van der Waals surface area (Å²) >= 11 is 9.90. The maximum Gasteiger partial charge on any atom is 0.150 e. The monoisotopic (exact) mass is 366 g/mol. The van der Waals surface area contributed by atoms with Gasteiger partial charge in [0, 0.05) is 10.0 Å². The second-order valence-electron chi connectivity index (χ2n) is 4.68. The molecule has 1 aliphatic rings. The molecule has 2 unspecified atom stereocenters. The first-order chi connectivity index (χ1) is 8.93. The van der Waals surface area contributed by atoms with Crippen LogP contribution in [0, 0.1) is 5.92 Å². The first kappa shape index (κ1) is 15.1. The Bertz CT molecular complexity index is 559. The van der Waals surface area contributed by atoms with Gasteiger partial charge in [-0.25, -0.2) is 8.42 Å². The molecule has 1 aliphatic heterocycles. The quantitative estimate of drug-likeness (QED) is 0.764. The molecule has 1 heterocycles. The van der Waals surface area contributed by atoms with Crippen LogP contribution in [0.2, 0.25) is 0 Å². The van der Waals surface area contributed by atoms with Crippen molar-refractivity contribution >= 4 is 37.4 Å². The van der Waals surface area contributed by atoms with E-state index in [1.54, 1.807) is 0 Å². The van der Waals surface area contributed by atoms with Crippen LogP contribution in [0.4, 0.5) is 0 Å². The fourth-order valence-electron chi connectivity index (χ4n) is 2.33. The van der Waals surface area contributed by atoms with Crippen LogP contribution in [-0.4, -0.2) is 26.5 Å². The molecule has 1 aromatic rings. The van der Waals surface area contributed by atoms with Gasteiger partial charge in [0.15, 0.2) is 9.84 Å². The summed E-state index contributed by atoms with van der Waals surface area (Å²) in [5.41, 5.74) is 0.861. The molecular formula is C13H16BrClO3S. The summed E-state index contributed by atoms with van der Waals surface area (Å²) in [4.78, 5) is 0. The lowest BCUT2D eigenvalue weighted by Gasteiger charge is -2.19. The minimum atomic E-state index is -2.92. The number of benzene rings is 1. The van der Waals surface area contributed by atoms with Gasteiger partial charge in [0.25, 0.3) is 0 Å². The van der Waals surface area contributed by atoms with E-state index in [0.29, 0.717) is 13.0 Å². The second kappa shape index (κ2) is 6.02. The number of rotatable bonds is 4. The standard InChI is InChI=1S/C13H16BrClO3S/c1-2-18-12-4-3-10(14)7-11(12)13(15)9-5-6-19(16,17)8-9/h3-4,7,9,13H,2,5-6,8H2,1H3. The molecule has 19 heavy (non-hydrogen) atoms. The first-order valence-corrected chi connectivity index (χ1v) is 9.25. The Morgan fingerprint density at radius 3 is 2.84 bits per heavy atom. The van der Waals surface area contributed by atoms with Crippen molar-refractivity contribution < 1.29 is 13.2 Å². The average Bonchev–Trinajstić information content (AvgIpc) is 2.71. The minimum Gasteiger partial charge on any atom is -0.494 e. The molecule has 0 radical (unpaired) electrons. The maximum atomic E-state index is 11.6. The zero-order valence-corrected chi connectivity index (χ0v) is 13.8. The first-order valence-electron chi connectivity index (χ1n) is 6.19. The van der Waals surface area contributed by atoms with E-state index >= 15 is 0 Å². The summed E-state index contributed by atoms with van der Waals surface area (Å²) in [6, 6.07) is 5.67. The summed E-state index contributed by atoms with van der Waals surface area (Å²) in [6.45, 7) is 2.47. The SMILES string of the molecule is CCOc1ccc(Br)cc1C(Cl)C1CCS(=O)(=O)C1. The van der Waals surface area contributed by atoms with Crippen molar-refractivity contribution in [2.45, 2.75) is 18.7 Å². The highest BCUT2D eigenvalue weighted by Gasteiger charge is 2.34. The molecule has 0 aromatic heterocycles. The summed E-state index contributed by atoms with van der Waals surface area (Å²) in [6.07, 6.45) is 0.620. The normalized spacial score (nSPS) is 23.2. The highest BCUT2D eigenvalue weighted by molar-refractivity contribution is 9.10. The van der Waals surface area contributed by atoms with E-state index < -0.39 is 9.84 Å². The smallest absolute Gasteiger partial charge is 0.150 e. The van der Waals surface area contributed by atoms with Gasteiger partial charge in [-0.1, -0.05) is 15.9 Å². The zero-order valence-electron chi connectivity index (χ0n) is 10.6. The minimum absolute atomic E-state index is 0.0415. The Labute approximate surface area is 127 Å². The third-order valence-corrected chi connectivity index (χ3v) is 6.13. The van der Waals surface area contributed by atoms with Gasteiger partial charge in [0.1, 0.15) is 5.75 Å². The largest absolute Gasteiger partial charge is 0.494 e. The number of sulfone groups is 1. The van der Waals surface area contributed by atoms with Crippen molar-refractivity contribution in [3.05, 3.63) is 28.2 Å². The number of hydrogen-bond donors (Lipinski definition) is 0. The van der Waals surface area contributed by atoms with Crippen LogP contribution < -0.4 is 4.74 Å². The Morgan fingerprint density at radius 1 is 1.53 bits per heavy atom. The molecule has 3 nitrogen and oxygen atoms in total. The van der Waals surface area contributed by atoms with E-state index in [2.05, 4.69) is 15.9 Å². The van der Waals surface area contributed by atoms with E-state index in [4.69, 9.17) is 16.3 Å². The van der Waals surface area contributed by atoms with E-state index in [9.17, 15) is 8.42 Å². The number of ether oxygens (including phenoxy) is 1. The van der Waals surface area contributed by atoms with E-state index in [1.807, 2.05) is 25.1 Å². The molecular weight excluding hydrogens is 352 g/mol. The topological polar surface area (TPSA) is 43.4 Å². The van der Waals surface area contributed by atoms with Gasteiger partial charge in [-0.3, -0.25) is 0 Å². The molecule has 1 saturated heterocycles. The average molecular weight is 368 g/mol. The lowest BCUT2D eigenvalue weighted by atomic mass is 9.97. The predicted molar refractivity (Wildman–Crippen MR) is 80.7 cm³/mol. The molecule has 2 atom stereocenters. The third-order valence-electron chi connectivity index (χ3n) is 3.25. The Kier molecular flexibility index (Phi) is 4.79. The van der Waals surface area contributed by atoms with E-state index in [-0.39, 0.29) is 22.8 Å². The van der Waals surface area contributed by atoms with Gasteiger partial charge in [-0.05, 0) is 37.5 Å². The fraction of sp³-hybridized carbons (Fsp3) is 0.538. The van der Waals surface area contributed by atoms with Gasteiger partial charge < -0.3 is 4.74 Å². The number of alkyl halides is 1. The highest BCUT2D eigenvalue weighted by atomic mass is 79.9. The Morgan fingerprint density at radius 2 is 2.26 bits per heavy atom. The highest BCUT2D eigenvalue weighted by Crippen LogP contribution is 2.41. The fourth-order valence-corrected chi connectivity index (χ4v) is 5.04. The molecule has 106 valence electrons. The number of hydrogen-bond acceptors (Lipinski definition) is 3. The van der Waals surface area contributed by atoms with Crippen LogP contribution >= 0.6 is 27.5 Å². The van der Waals surface area contributed by atoms with Crippen LogP contribution in [0.5, 0.6) is 5.75 Å². The molecule has 0 bridgehead atoms. The number of halogens is 2. The summed E-state index contributed by atoms with van der Waals surface area (Å²) in [5, 5.41) is -0.337. The van der Waals surface area contributed by atoms with Gasteiger partial charge in [0.05, 0.1) is 23.5 Å². The molecule has 0 amide bonds. The molecule has 2 rings (SSSR count). The van der Waals surface area contributed by atoms with E-state index in [1.165, 1.54) is 0 Å². The second-order valence-corrected chi connectivity index (χ2v) is 8.29. The van der Waals surface area contributed by atoms with Crippen molar-refractivity contribution in [2.24, 2.45) is 5.92 Å². The van der Waals surface area contributed by atoms with Crippen molar-refractivity contribution in [3.8, 4) is 5.75 Å². The molecule has 6 heteroatoms. The molecule has 0 N–H and O–H groups in total. The van der Waals surface area contributed by atoms with Gasteiger partial charge >= 0.3 is 0 Å². The third kappa shape index (κ3) is 3.64. The van der Waals surface area contributed by atoms with Crippen molar-refractivity contribution in [1.82, 2.24) is 0 Å². The van der Waals surface area contributed by atoms with Crippen LogP contribution in [0.15, 0.2) is 22.7 Å². The predicted octanol–water partition coefficient (Wildman–Crippen LogP) is 3.56. The molecule has 0 saturated carbocycles. The van der Waals surface area contributed by atoms with Gasteiger partial charge in [-0.2, -0.15) is 0 Å². The zero-order chi connectivity index (χ0) is 14.0. The molecule has 0 aliphatic carbocycles. The van der Waals surface area contributed by atoms with Crippen molar-refractivity contribution in [3.63, 3.8) is 0 Å². The summed E-state index contributed by atoms with van der Waals surface area (Å²) in [7, 11) is -2.92.